The number of nitrogen functional groups attached to an aromatic ring is 2. The Morgan fingerprint density at radius 2 is 1.88 bits per heavy atom. The van der Waals surface area contributed by atoms with Gasteiger partial charge in [-0.2, -0.15) is 5.10 Å². The summed E-state index contributed by atoms with van der Waals surface area (Å²) in [5, 5.41) is 4.12. The summed E-state index contributed by atoms with van der Waals surface area (Å²) in [5.41, 5.74) is 11.9. The lowest BCUT2D eigenvalue weighted by Gasteiger charge is -2.08. The quantitative estimate of drug-likeness (QED) is 0.683. The molecule has 92 valence electrons. The molecule has 0 fully saturated rings. The number of aryl methyl sites for hydroxylation is 1. The molecule has 0 aliphatic rings. The Kier molecular flexibility index (Phi) is 5.11. The fraction of sp³-hybridized carbons (Fsp3) is 0.727. The van der Waals surface area contributed by atoms with Gasteiger partial charge in [0.05, 0.1) is 11.9 Å². The molecule has 5 nitrogen and oxygen atoms in total. The average Bonchev–Trinajstić information content (AvgIpc) is 2.54. The lowest BCUT2D eigenvalue weighted by atomic mass is 10.2. The standard InChI is InChI=1S/C11H23N5/c1-15(2)7-5-3-4-6-8-16-11(13)10(12)9-14-16/h9H,3-8,12-13H2,1-2H3. The molecule has 0 spiro atoms. The molecule has 1 aromatic rings. The summed E-state index contributed by atoms with van der Waals surface area (Å²) in [7, 11) is 4.21. The Labute approximate surface area is 97.4 Å². The van der Waals surface area contributed by atoms with Gasteiger partial charge in [-0.15, -0.1) is 0 Å². The van der Waals surface area contributed by atoms with Gasteiger partial charge < -0.3 is 16.4 Å². The van der Waals surface area contributed by atoms with Crippen LogP contribution in [0, 0.1) is 0 Å². The van der Waals surface area contributed by atoms with E-state index < -0.39 is 0 Å². The van der Waals surface area contributed by atoms with E-state index in [-0.39, 0.29) is 0 Å². The third-order valence-corrected chi connectivity index (χ3v) is 2.64. The van der Waals surface area contributed by atoms with Crippen LogP contribution in [0.1, 0.15) is 25.7 Å². The highest BCUT2D eigenvalue weighted by atomic mass is 15.3. The number of hydrogen-bond donors (Lipinski definition) is 2. The molecular weight excluding hydrogens is 202 g/mol. The third-order valence-electron chi connectivity index (χ3n) is 2.64. The number of rotatable bonds is 7. The molecule has 0 radical (unpaired) electrons. The molecule has 1 aromatic heterocycles. The van der Waals surface area contributed by atoms with Crippen molar-refractivity contribution in [3.8, 4) is 0 Å². The zero-order chi connectivity index (χ0) is 12.0. The topological polar surface area (TPSA) is 73.1 Å². The molecule has 4 N–H and O–H groups in total. The van der Waals surface area contributed by atoms with Gasteiger partial charge in [0, 0.05) is 6.54 Å². The van der Waals surface area contributed by atoms with Gasteiger partial charge in [-0.3, -0.25) is 0 Å². The van der Waals surface area contributed by atoms with Crippen LogP contribution in [-0.4, -0.2) is 35.3 Å². The van der Waals surface area contributed by atoms with E-state index in [4.69, 9.17) is 11.5 Å². The monoisotopic (exact) mass is 225 g/mol. The molecule has 5 heteroatoms. The normalized spacial score (nSPS) is 11.2. The van der Waals surface area contributed by atoms with Crippen LogP contribution < -0.4 is 11.5 Å². The maximum Gasteiger partial charge on any atom is 0.145 e. The first kappa shape index (κ1) is 12.8. The number of nitrogens with zero attached hydrogens (tertiary/aromatic N) is 3. The molecule has 0 aliphatic heterocycles. The van der Waals surface area contributed by atoms with E-state index in [2.05, 4.69) is 24.1 Å². The van der Waals surface area contributed by atoms with E-state index in [0.29, 0.717) is 11.5 Å². The Bertz CT molecular complexity index is 305. The van der Waals surface area contributed by atoms with Crippen molar-refractivity contribution in [1.29, 1.82) is 0 Å². The highest BCUT2D eigenvalue weighted by molar-refractivity contribution is 5.56. The molecule has 0 aromatic carbocycles. The predicted octanol–water partition coefficient (Wildman–Crippen LogP) is 1.17. The number of anilines is 2. The smallest absolute Gasteiger partial charge is 0.145 e. The largest absolute Gasteiger partial charge is 0.394 e. The van der Waals surface area contributed by atoms with Crippen LogP contribution in [-0.2, 0) is 6.54 Å². The maximum atomic E-state index is 5.75. The van der Waals surface area contributed by atoms with E-state index in [1.165, 1.54) is 19.3 Å². The van der Waals surface area contributed by atoms with Crippen LogP contribution in [0.3, 0.4) is 0 Å². The fourth-order valence-corrected chi connectivity index (χ4v) is 1.63. The molecular formula is C11H23N5. The Balaban J connectivity index is 2.10. The zero-order valence-electron chi connectivity index (χ0n) is 10.3. The summed E-state index contributed by atoms with van der Waals surface area (Å²) in [6.07, 6.45) is 6.45. The minimum atomic E-state index is 0.576. The first-order chi connectivity index (χ1) is 7.61. The number of aromatic nitrogens is 2. The van der Waals surface area contributed by atoms with E-state index in [0.717, 1.165) is 19.5 Å². The van der Waals surface area contributed by atoms with Crippen LogP contribution >= 0.6 is 0 Å². The molecule has 1 heterocycles. The Morgan fingerprint density at radius 3 is 2.44 bits per heavy atom. The van der Waals surface area contributed by atoms with Gasteiger partial charge in [-0.05, 0) is 33.5 Å². The summed E-state index contributed by atoms with van der Waals surface area (Å²) in [6.45, 7) is 2.03. The second-order valence-corrected chi connectivity index (χ2v) is 4.43. The second kappa shape index (κ2) is 6.37. The second-order valence-electron chi connectivity index (χ2n) is 4.43. The minimum Gasteiger partial charge on any atom is -0.394 e. The lowest BCUT2D eigenvalue weighted by Crippen LogP contribution is -2.12. The summed E-state index contributed by atoms with van der Waals surface area (Å²) in [5.74, 6) is 0.591. The van der Waals surface area contributed by atoms with Crippen LogP contribution in [0.5, 0.6) is 0 Å². The summed E-state index contributed by atoms with van der Waals surface area (Å²) < 4.78 is 1.78. The van der Waals surface area contributed by atoms with Gasteiger partial charge in [0.25, 0.3) is 0 Å². The van der Waals surface area contributed by atoms with Gasteiger partial charge in [-0.1, -0.05) is 12.8 Å². The summed E-state index contributed by atoms with van der Waals surface area (Å²) in [4.78, 5) is 2.21. The zero-order valence-corrected chi connectivity index (χ0v) is 10.3. The third kappa shape index (κ3) is 4.10. The van der Waals surface area contributed by atoms with Crippen molar-refractivity contribution in [2.45, 2.75) is 32.2 Å². The van der Waals surface area contributed by atoms with Crippen molar-refractivity contribution in [2.75, 3.05) is 32.1 Å². The van der Waals surface area contributed by atoms with E-state index in [9.17, 15) is 0 Å². The average molecular weight is 225 g/mol. The van der Waals surface area contributed by atoms with Crippen molar-refractivity contribution in [2.24, 2.45) is 0 Å². The van der Waals surface area contributed by atoms with Gasteiger partial charge >= 0.3 is 0 Å². The molecule has 0 atom stereocenters. The molecule has 1 rings (SSSR count). The molecule has 0 bridgehead atoms. The van der Waals surface area contributed by atoms with E-state index >= 15 is 0 Å². The molecule has 16 heavy (non-hydrogen) atoms. The molecule has 0 saturated heterocycles. The van der Waals surface area contributed by atoms with E-state index in [1.54, 1.807) is 10.9 Å². The van der Waals surface area contributed by atoms with Crippen molar-refractivity contribution in [3.05, 3.63) is 6.20 Å². The SMILES string of the molecule is CN(C)CCCCCCn1ncc(N)c1N. The van der Waals surface area contributed by atoms with Crippen LogP contribution in [0.25, 0.3) is 0 Å². The van der Waals surface area contributed by atoms with Crippen molar-refractivity contribution >= 4 is 11.5 Å². The number of hydrogen-bond acceptors (Lipinski definition) is 4. The van der Waals surface area contributed by atoms with E-state index in [1.807, 2.05) is 0 Å². The predicted molar refractivity (Wildman–Crippen MR) is 68.1 cm³/mol. The first-order valence-electron chi connectivity index (χ1n) is 5.82. The minimum absolute atomic E-state index is 0.576. The lowest BCUT2D eigenvalue weighted by molar-refractivity contribution is 0.388. The molecule has 0 aliphatic carbocycles. The maximum absolute atomic E-state index is 5.75. The Hall–Kier alpha value is -1.23. The van der Waals surface area contributed by atoms with Crippen LogP contribution in [0.15, 0.2) is 6.20 Å². The van der Waals surface area contributed by atoms with Gasteiger partial charge in [-0.25, -0.2) is 4.68 Å². The van der Waals surface area contributed by atoms with Crippen LogP contribution in [0.4, 0.5) is 11.5 Å². The Morgan fingerprint density at radius 1 is 1.19 bits per heavy atom. The molecule has 0 unspecified atom stereocenters. The number of unbranched alkanes of at least 4 members (excludes halogenated alkanes) is 3. The van der Waals surface area contributed by atoms with Gasteiger partial charge in [0.1, 0.15) is 5.82 Å². The van der Waals surface area contributed by atoms with Crippen molar-refractivity contribution in [1.82, 2.24) is 14.7 Å². The molecule has 0 amide bonds. The highest BCUT2D eigenvalue weighted by Gasteiger charge is 2.02. The van der Waals surface area contributed by atoms with Crippen LogP contribution in [0.2, 0.25) is 0 Å². The van der Waals surface area contributed by atoms with Gasteiger partial charge in [0.2, 0.25) is 0 Å². The van der Waals surface area contributed by atoms with Gasteiger partial charge in [0.15, 0.2) is 0 Å². The number of nitrogens with two attached hydrogens (primary N) is 2. The fourth-order valence-electron chi connectivity index (χ4n) is 1.63. The summed E-state index contributed by atoms with van der Waals surface area (Å²) in [6, 6.07) is 0. The highest BCUT2D eigenvalue weighted by Crippen LogP contribution is 2.13. The molecule has 0 saturated carbocycles. The van der Waals surface area contributed by atoms with Crippen molar-refractivity contribution in [3.63, 3.8) is 0 Å². The first-order valence-corrected chi connectivity index (χ1v) is 5.82. The van der Waals surface area contributed by atoms with Crippen molar-refractivity contribution < 1.29 is 0 Å². The summed E-state index contributed by atoms with van der Waals surface area (Å²) >= 11 is 0.